The Bertz CT molecular complexity index is 1040. The van der Waals surface area contributed by atoms with E-state index >= 15 is 0 Å². The van der Waals surface area contributed by atoms with E-state index in [0.717, 1.165) is 79.6 Å². The highest BCUT2D eigenvalue weighted by atomic mass is 32.1. The van der Waals surface area contributed by atoms with Gasteiger partial charge in [-0.25, -0.2) is 4.98 Å². The summed E-state index contributed by atoms with van der Waals surface area (Å²) in [6.45, 7) is 5.62. The van der Waals surface area contributed by atoms with Crippen molar-refractivity contribution in [2.24, 2.45) is 5.92 Å². The largest absolute Gasteiger partial charge is 0.342 e. The third-order valence-electron chi connectivity index (χ3n) is 6.96. The minimum Gasteiger partial charge on any atom is -0.342 e. The number of rotatable bonds is 3. The summed E-state index contributed by atoms with van der Waals surface area (Å²) in [7, 11) is 0. The molecule has 1 amide bonds. The number of aromatic nitrogens is 2. The number of thiophene rings is 1. The number of hydrogen-bond donors (Lipinski definition) is 0. The van der Waals surface area contributed by atoms with Crippen LogP contribution in [0.2, 0.25) is 0 Å². The van der Waals surface area contributed by atoms with Crippen LogP contribution in [0, 0.1) is 19.8 Å². The van der Waals surface area contributed by atoms with Crippen molar-refractivity contribution in [1.82, 2.24) is 14.5 Å². The standard InChI is InChI=1S/C23H29N3O2S/c1-14-15(2)29-21-19(14)23(28)26(20(24-21)16-8-9-16)18-10-12-25(13-11-18)22(27)17-6-4-3-5-7-17/h3-4,16-18H,5-13H2,1-2H3/t17-/m1/s1. The zero-order chi connectivity index (χ0) is 20.1. The molecule has 5 rings (SSSR count). The van der Waals surface area contributed by atoms with Gasteiger partial charge in [-0.1, -0.05) is 12.2 Å². The minimum atomic E-state index is 0.140. The summed E-state index contributed by atoms with van der Waals surface area (Å²) >= 11 is 1.64. The van der Waals surface area contributed by atoms with Gasteiger partial charge in [0.1, 0.15) is 10.7 Å². The van der Waals surface area contributed by atoms with Crippen molar-refractivity contribution in [3.8, 4) is 0 Å². The van der Waals surface area contributed by atoms with Crippen molar-refractivity contribution in [2.75, 3.05) is 13.1 Å². The molecule has 0 unspecified atom stereocenters. The fourth-order valence-corrected chi connectivity index (χ4v) is 5.95. The van der Waals surface area contributed by atoms with Gasteiger partial charge in [0.25, 0.3) is 5.56 Å². The second-order valence-electron chi connectivity index (χ2n) is 8.92. The molecule has 3 aliphatic rings. The number of nitrogens with zero attached hydrogens (tertiary/aromatic N) is 3. The molecule has 0 N–H and O–H groups in total. The lowest BCUT2D eigenvalue weighted by Crippen LogP contribution is -2.44. The normalized spacial score (nSPS) is 23.1. The molecule has 1 atom stereocenters. The second kappa shape index (κ2) is 7.38. The van der Waals surface area contributed by atoms with E-state index in [2.05, 4.69) is 19.1 Å². The monoisotopic (exact) mass is 411 g/mol. The van der Waals surface area contributed by atoms with Crippen molar-refractivity contribution >= 4 is 27.5 Å². The predicted molar refractivity (Wildman–Crippen MR) is 117 cm³/mol. The number of likely N-dealkylation sites (tertiary alicyclic amines) is 1. The molecule has 0 spiro atoms. The molecule has 2 fully saturated rings. The fourth-order valence-electron chi connectivity index (χ4n) is 4.92. The van der Waals surface area contributed by atoms with Gasteiger partial charge in [-0.05, 0) is 64.4 Å². The van der Waals surface area contributed by atoms with Crippen molar-refractivity contribution in [2.45, 2.75) is 70.8 Å². The number of piperidine rings is 1. The topological polar surface area (TPSA) is 55.2 Å². The van der Waals surface area contributed by atoms with E-state index in [-0.39, 0.29) is 17.5 Å². The van der Waals surface area contributed by atoms with Crippen molar-refractivity contribution in [3.05, 3.63) is 38.8 Å². The Balaban J connectivity index is 1.42. The van der Waals surface area contributed by atoms with Gasteiger partial charge in [0, 0.05) is 35.8 Å². The number of hydrogen-bond acceptors (Lipinski definition) is 4. The molecule has 29 heavy (non-hydrogen) atoms. The van der Waals surface area contributed by atoms with Crippen molar-refractivity contribution in [3.63, 3.8) is 0 Å². The average Bonchev–Trinajstić information content (AvgIpc) is 3.54. The Morgan fingerprint density at radius 2 is 1.86 bits per heavy atom. The Morgan fingerprint density at radius 3 is 2.52 bits per heavy atom. The summed E-state index contributed by atoms with van der Waals surface area (Å²) in [5, 5.41) is 0.810. The van der Waals surface area contributed by atoms with Crippen molar-refractivity contribution < 1.29 is 4.79 Å². The molecule has 6 heteroatoms. The quantitative estimate of drug-likeness (QED) is 0.700. The molecule has 3 heterocycles. The summed E-state index contributed by atoms with van der Waals surface area (Å²) in [5.41, 5.74) is 1.22. The van der Waals surface area contributed by atoms with Crippen LogP contribution < -0.4 is 5.56 Å². The lowest BCUT2D eigenvalue weighted by Gasteiger charge is -2.36. The number of carbonyl (C=O) groups is 1. The SMILES string of the molecule is Cc1sc2nc(C3CC3)n(C3CCN(C(=O)[C@@H]4CC=CCC4)CC3)c(=O)c2c1C. The maximum absolute atomic E-state index is 13.5. The van der Waals surface area contributed by atoms with Crippen LogP contribution in [0.1, 0.15) is 73.2 Å². The first-order valence-corrected chi connectivity index (χ1v) is 11.8. The van der Waals surface area contributed by atoms with Crippen LogP contribution in [0.4, 0.5) is 0 Å². The molecule has 0 bridgehead atoms. The van der Waals surface area contributed by atoms with Gasteiger partial charge >= 0.3 is 0 Å². The minimum absolute atomic E-state index is 0.140. The van der Waals surface area contributed by atoms with Crippen LogP contribution in [-0.2, 0) is 4.79 Å². The molecule has 0 aromatic carbocycles. The highest BCUT2D eigenvalue weighted by Gasteiger charge is 2.35. The van der Waals surface area contributed by atoms with Gasteiger partial charge in [0.2, 0.25) is 5.91 Å². The highest BCUT2D eigenvalue weighted by molar-refractivity contribution is 7.18. The van der Waals surface area contributed by atoms with Crippen LogP contribution in [0.5, 0.6) is 0 Å². The molecule has 2 aromatic heterocycles. The van der Waals surface area contributed by atoms with Gasteiger partial charge in [-0.3, -0.25) is 14.2 Å². The van der Waals surface area contributed by atoms with E-state index in [1.165, 1.54) is 4.88 Å². The smallest absolute Gasteiger partial charge is 0.262 e. The number of carbonyl (C=O) groups excluding carboxylic acids is 1. The lowest BCUT2D eigenvalue weighted by atomic mass is 9.92. The maximum Gasteiger partial charge on any atom is 0.262 e. The van der Waals surface area contributed by atoms with Crippen LogP contribution in [0.15, 0.2) is 16.9 Å². The van der Waals surface area contributed by atoms with Crippen LogP contribution in [0.3, 0.4) is 0 Å². The molecule has 2 aromatic rings. The Labute approximate surface area is 175 Å². The first kappa shape index (κ1) is 19.0. The highest BCUT2D eigenvalue weighted by Crippen LogP contribution is 2.41. The lowest BCUT2D eigenvalue weighted by molar-refractivity contribution is -0.137. The third-order valence-corrected chi connectivity index (χ3v) is 8.07. The molecule has 1 saturated heterocycles. The first-order valence-electron chi connectivity index (χ1n) is 11.0. The van der Waals surface area contributed by atoms with Crippen molar-refractivity contribution in [1.29, 1.82) is 0 Å². The molecule has 2 aliphatic carbocycles. The Morgan fingerprint density at radius 1 is 1.10 bits per heavy atom. The zero-order valence-electron chi connectivity index (χ0n) is 17.3. The summed E-state index contributed by atoms with van der Waals surface area (Å²) < 4.78 is 2.02. The fraction of sp³-hybridized carbons (Fsp3) is 0.609. The maximum atomic E-state index is 13.5. The molecular weight excluding hydrogens is 382 g/mol. The molecule has 1 saturated carbocycles. The van der Waals surface area contributed by atoms with Gasteiger partial charge in [0.05, 0.1) is 5.39 Å². The molecular formula is C23H29N3O2S. The summed E-state index contributed by atoms with van der Waals surface area (Å²) in [5.74, 6) is 1.88. The second-order valence-corrected chi connectivity index (χ2v) is 10.1. The van der Waals surface area contributed by atoms with E-state index in [4.69, 9.17) is 4.98 Å². The van der Waals surface area contributed by atoms with E-state index in [1.807, 2.05) is 16.4 Å². The number of allylic oxidation sites excluding steroid dienone is 2. The molecule has 1 aliphatic heterocycles. The van der Waals surface area contributed by atoms with Crippen LogP contribution in [-0.4, -0.2) is 33.4 Å². The van der Waals surface area contributed by atoms with Crippen LogP contribution >= 0.6 is 11.3 Å². The van der Waals surface area contributed by atoms with Gasteiger partial charge in [0.15, 0.2) is 0 Å². The number of amides is 1. The molecule has 154 valence electrons. The first-order chi connectivity index (χ1) is 14.0. The van der Waals surface area contributed by atoms with E-state index in [9.17, 15) is 9.59 Å². The Kier molecular flexibility index (Phi) is 4.85. The molecule has 5 nitrogen and oxygen atoms in total. The van der Waals surface area contributed by atoms with Crippen LogP contribution in [0.25, 0.3) is 10.2 Å². The van der Waals surface area contributed by atoms with Gasteiger partial charge in [-0.2, -0.15) is 0 Å². The summed E-state index contributed by atoms with van der Waals surface area (Å²) in [4.78, 5) is 35.5. The van der Waals surface area contributed by atoms with Gasteiger partial charge < -0.3 is 4.90 Å². The van der Waals surface area contributed by atoms with E-state index in [0.29, 0.717) is 11.8 Å². The third kappa shape index (κ3) is 3.35. The van der Waals surface area contributed by atoms with Gasteiger partial charge in [-0.15, -0.1) is 11.3 Å². The summed E-state index contributed by atoms with van der Waals surface area (Å²) in [6.07, 6.45) is 11.1. The van der Waals surface area contributed by atoms with E-state index in [1.54, 1.807) is 11.3 Å². The predicted octanol–water partition coefficient (Wildman–Crippen LogP) is 4.47. The Hall–Kier alpha value is -1.95. The number of fused-ring (bicyclic) bond motifs is 1. The number of aryl methyl sites for hydroxylation is 2. The van der Waals surface area contributed by atoms with E-state index < -0.39 is 0 Å². The summed E-state index contributed by atoms with van der Waals surface area (Å²) in [6, 6.07) is 0.157. The molecule has 0 radical (unpaired) electrons. The average molecular weight is 412 g/mol. The zero-order valence-corrected chi connectivity index (χ0v) is 18.1.